The van der Waals surface area contributed by atoms with E-state index in [0.717, 1.165) is 11.1 Å². The predicted octanol–water partition coefficient (Wildman–Crippen LogP) is 4.76. The largest absolute Gasteiger partial charge is 0.462 e. The van der Waals surface area contributed by atoms with E-state index in [0.29, 0.717) is 37.9 Å². The molecule has 9 heteroatoms. The van der Waals surface area contributed by atoms with Gasteiger partial charge in [-0.2, -0.15) is 0 Å². The second-order valence-corrected chi connectivity index (χ2v) is 9.31. The number of esters is 1. The Morgan fingerprint density at radius 2 is 1.94 bits per heavy atom. The summed E-state index contributed by atoms with van der Waals surface area (Å²) in [7, 11) is 1.66. The SMILES string of the molecule is CCOC(=O)c1c(C)[nH]c(C(=O)CSc2nc3scc(-c4ccccc4)c3c(=O)n2C)c1C. The van der Waals surface area contributed by atoms with Crippen LogP contribution >= 0.6 is 23.1 Å². The van der Waals surface area contributed by atoms with E-state index in [1.807, 2.05) is 35.7 Å². The van der Waals surface area contributed by atoms with Crippen LogP contribution in [0.5, 0.6) is 0 Å². The Morgan fingerprint density at radius 3 is 2.64 bits per heavy atom. The molecule has 0 fully saturated rings. The van der Waals surface area contributed by atoms with E-state index in [4.69, 9.17) is 4.74 Å². The highest BCUT2D eigenvalue weighted by atomic mass is 32.2. The summed E-state index contributed by atoms with van der Waals surface area (Å²) in [6.45, 7) is 5.47. The minimum atomic E-state index is -0.447. The number of thiophene rings is 1. The molecule has 1 N–H and O–H groups in total. The summed E-state index contributed by atoms with van der Waals surface area (Å²) < 4.78 is 6.58. The number of fused-ring (bicyclic) bond motifs is 1. The van der Waals surface area contributed by atoms with Crippen LogP contribution < -0.4 is 5.56 Å². The number of hydrogen-bond acceptors (Lipinski definition) is 7. The molecule has 0 saturated carbocycles. The molecule has 4 rings (SSSR count). The normalized spacial score (nSPS) is 11.2. The van der Waals surface area contributed by atoms with Crippen LogP contribution in [0.2, 0.25) is 0 Å². The molecular weight excluding hydrogens is 458 g/mol. The van der Waals surface area contributed by atoms with Gasteiger partial charge in [-0.15, -0.1) is 11.3 Å². The van der Waals surface area contributed by atoms with E-state index >= 15 is 0 Å². The lowest BCUT2D eigenvalue weighted by Gasteiger charge is -2.08. The number of aryl methyl sites for hydroxylation is 1. The average molecular weight is 482 g/mol. The number of hydrogen-bond donors (Lipinski definition) is 1. The molecule has 0 aliphatic carbocycles. The Hall–Kier alpha value is -3.17. The first kappa shape index (κ1) is 23.0. The molecule has 4 aromatic rings. The number of benzene rings is 1. The quantitative estimate of drug-likeness (QED) is 0.177. The molecule has 0 unspecified atom stereocenters. The Morgan fingerprint density at radius 1 is 1.21 bits per heavy atom. The van der Waals surface area contributed by atoms with Crippen molar-refractivity contribution in [2.45, 2.75) is 25.9 Å². The van der Waals surface area contributed by atoms with Crippen molar-refractivity contribution in [1.29, 1.82) is 0 Å². The zero-order valence-electron chi connectivity index (χ0n) is 18.7. The second kappa shape index (κ2) is 9.36. The van der Waals surface area contributed by atoms with Gasteiger partial charge in [0, 0.05) is 23.7 Å². The van der Waals surface area contributed by atoms with E-state index in [-0.39, 0.29) is 23.7 Å². The number of thioether (sulfide) groups is 1. The number of H-pyrrole nitrogens is 1. The molecule has 1 aromatic carbocycles. The third-order valence-corrected chi connectivity index (χ3v) is 7.29. The van der Waals surface area contributed by atoms with Gasteiger partial charge in [0.05, 0.1) is 29.0 Å². The van der Waals surface area contributed by atoms with E-state index in [9.17, 15) is 14.4 Å². The van der Waals surface area contributed by atoms with Gasteiger partial charge in [0.2, 0.25) is 0 Å². The van der Waals surface area contributed by atoms with Crippen molar-refractivity contribution >= 4 is 45.1 Å². The van der Waals surface area contributed by atoms with Crippen molar-refractivity contribution in [3.05, 3.63) is 68.6 Å². The fourth-order valence-corrected chi connectivity index (χ4v) is 5.59. The predicted molar refractivity (Wildman–Crippen MR) is 132 cm³/mol. The van der Waals surface area contributed by atoms with Gasteiger partial charge in [-0.3, -0.25) is 14.2 Å². The zero-order chi connectivity index (χ0) is 23.7. The Kier molecular flexibility index (Phi) is 6.53. The Bertz CT molecular complexity index is 1420. The Balaban J connectivity index is 1.60. The lowest BCUT2D eigenvalue weighted by molar-refractivity contribution is 0.0525. The molecule has 0 aliphatic rings. The van der Waals surface area contributed by atoms with Gasteiger partial charge in [-0.25, -0.2) is 9.78 Å². The molecule has 0 amide bonds. The van der Waals surface area contributed by atoms with Crippen LogP contribution in [-0.4, -0.2) is 38.6 Å². The van der Waals surface area contributed by atoms with E-state index < -0.39 is 5.97 Å². The summed E-state index contributed by atoms with van der Waals surface area (Å²) >= 11 is 2.61. The van der Waals surface area contributed by atoms with Crippen LogP contribution in [0.1, 0.15) is 39.0 Å². The maximum Gasteiger partial charge on any atom is 0.340 e. The number of rotatable bonds is 7. The minimum absolute atomic E-state index is 0.0752. The summed E-state index contributed by atoms with van der Waals surface area (Å²) in [5.41, 5.74) is 3.61. The van der Waals surface area contributed by atoms with Crippen LogP contribution in [0.15, 0.2) is 45.7 Å². The number of nitrogens with one attached hydrogen (secondary N) is 1. The maximum atomic E-state index is 13.1. The second-order valence-electron chi connectivity index (χ2n) is 7.51. The molecular formula is C24H23N3O4S2. The molecule has 7 nitrogen and oxygen atoms in total. The van der Waals surface area contributed by atoms with Crippen LogP contribution in [0.25, 0.3) is 21.3 Å². The molecule has 3 aromatic heterocycles. The summed E-state index contributed by atoms with van der Waals surface area (Å²) in [6, 6.07) is 9.73. The standard InChI is InChI=1S/C24H23N3O4S2/c1-5-31-23(30)18-13(2)20(25-14(18)3)17(28)12-33-24-26-21-19(22(29)27(24)4)16(11-32-21)15-9-7-6-8-10-15/h6-11,25H,5,12H2,1-4H3. The fourth-order valence-electron chi connectivity index (χ4n) is 3.75. The van der Waals surface area contributed by atoms with Gasteiger partial charge in [-0.1, -0.05) is 42.1 Å². The number of carbonyl (C=O) groups is 2. The molecule has 0 bridgehead atoms. The molecule has 33 heavy (non-hydrogen) atoms. The number of ketones is 1. The van der Waals surface area contributed by atoms with Crippen LogP contribution in [0.4, 0.5) is 0 Å². The van der Waals surface area contributed by atoms with E-state index in [2.05, 4.69) is 9.97 Å². The number of ether oxygens (including phenoxy) is 1. The topological polar surface area (TPSA) is 94.1 Å². The highest BCUT2D eigenvalue weighted by Gasteiger charge is 2.23. The van der Waals surface area contributed by atoms with Gasteiger partial charge in [0.1, 0.15) is 4.83 Å². The highest BCUT2D eigenvalue weighted by Crippen LogP contribution is 2.32. The summed E-state index contributed by atoms with van der Waals surface area (Å²) in [5, 5.41) is 2.99. The molecule has 0 saturated heterocycles. The lowest BCUT2D eigenvalue weighted by atomic mass is 10.1. The minimum Gasteiger partial charge on any atom is -0.462 e. The number of carbonyl (C=O) groups excluding carboxylic acids is 2. The van der Waals surface area contributed by atoms with Crippen molar-refractivity contribution < 1.29 is 14.3 Å². The molecule has 0 atom stereocenters. The zero-order valence-corrected chi connectivity index (χ0v) is 20.4. The third-order valence-electron chi connectivity index (χ3n) is 5.39. The number of aromatic nitrogens is 3. The van der Waals surface area contributed by atoms with Crippen LogP contribution in [0.3, 0.4) is 0 Å². The van der Waals surface area contributed by atoms with E-state index in [1.165, 1.54) is 27.7 Å². The van der Waals surface area contributed by atoms with Crippen molar-refractivity contribution in [3.8, 4) is 11.1 Å². The number of aromatic amines is 1. The van der Waals surface area contributed by atoms with Crippen molar-refractivity contribution in [2.75, 3.05) is 12.4 Å². The van der Waals surface area contributed by atoms with Crippen LogP contribution in [-0.2, 0) is 11.8 Å². The molecule has 3 heterocycles. The van der Waals surface area contributed by atoms with E-state index in [1.54, 1.807) is 27.8 Å². The molecule has 0 aliphatic heterocycles. The van der Waals surface area contributed by atoms with Gasteiger partial charge < -0.3 is 9.72 Å². The molecule has 170 valence electrons. The summed E-state index contributed by atoms with van der Waals surface area (Å²) in [6.07, 6.45) is 0. The number of nitrogens with zero attached hydrogens (tertiary/aromatic N) is 2. The first-order valence-corrected chi connectivity index (χ1v) is 12.3. The van der Waals surface area contributed by atoms with Gasteiger partial charge in [-0.05, 0) is 31.9 Å². The number of Topliss-reactive ketones (excluding diaryl/α,β-unsaturated/α-hetero) is 1. The Labute approximate surface area is 198 Å². The van der Waals surface area contributed by atoms with Crippen molar-refractivity contribution in [2.24, 2.45) is 7.05 Å². The highest BCUT2D eigenvalue weighted by molar-refractivity contribution is 7.99. The van der Waals surface area contributed by atoms with Crippen LogP contribution in [0, 0.1) is 13.8 Å². The smallest absolute Gasteiger partial charge is 0.340 e. The average Bonchev–Trinajstić information content (AvgIpc) is 3.36. The van der Waals surface area contributed by atoms with Gasteiger partial charge in [0.15, 0.2) is 10.9 Å². The first-order chi connectivity index (χ1) is 15.8. The van der Waals surface area contributed by atoms with Crippen molar-refractivity contribution in [3.63, 3.8) is 0 Å². The first-order valence-electron chi connectivity index (χ1n) is 10.4. The molecule has 0 radical (unpaired) electrons. The van der Waals surface area contributed by atoms with Gasteiger partial charge >= 0.3 is 5.97 Å². The molecule has 0 spiro atoms. The van der Waals surface area contributed by atoms with Gasteiger partial charge in [0.25, 0.3) is 5.56 Å². The van der Waals surface area contributed by atoms with Crippen molar-refractivity contribution in [1.82, 2.24) is 14.5 Å². The fraction of sp³-hybridized carbons (Fsp3) is 0.250. The monoisotopic (exact) mass is 481 g/mol. The summed E-state index contributed by atoms with van der Waals surface area (Å²) in [4.78, 5) is 46.6. The summed E-state index contributed by atoms with van der Waals surface area (Å²) in [5.74, 6) is -0.551. The maximum absolute atomic E-state index is 13.1. The lowest BCUT2D eigenvalue weighted by Crippen LogP contribution is -2.20. The third kappa shape index (κ3) is 4.26.